The van der Waals surface area contributed by atoms with E-state index < -0.39 is 10.0 Å². The number of hydrogen-bond donors (Lipinski definition) is 1. The van der Waals surface area contributed by atoms with Gasteiger partial charge in [-0.1, -0.05) is 11.6 Å². The third-order valence-corrected chi connectivity index (χ3v) is 5.90. The molecule has 112 valence electrons. The van der Waals surface area contributed by atoms with E-state index in [2.05, 4.69) is 4.90 Å². The standard InChI is InChI=1S/C13H20ClN3O2S/c1-16(2)10-4-3-7-17(9-10)20(18,19)11-5-6-12(14)13(15)8-11/h5-6,8,10H,3-4,7,9,15H2,1-2H3. The lowest BCUT2D eigenvalue weighted by Crippen LogP contribution is -2.47. The van der Waals surface area contributed by atoms with Crippen LogP contribution in [0.3, 0.4) is 0 Å². The molecule has 2 N–H and O–H groups in total. The van der Waals surface area contributed by atoms with E-state index in [0.717, 1.165) is 12.8 Å². The van der Waals surface area contributed by atoms with Crippen molar-refractivity contribution >= 4 is 27.3 Å². The van der Waals surface area contributed by atoms with Gasteiger partial charge in [-0.25, -0.2) is 8.42 Å². The number of rotatable bonds is 3. The zero-order valence-corrected chi connectivity index (χ0v) is 13.3. The first-order chi connectivity index (χ1) is 9.32. The van der Waals surface area contributed by atoms with Crippen LogP contribution >= 0.6 is 11.6 Å². The van der Waals surface area contributed by atoms with Crippen molar-refractivity contribution in [2.75, 3.05) is 32.9 Å². The summed E-state index contributed by atoms with van der Waals surface area (Å²) in [6.07, 6.45) is 1.88. The van der Waals surface area contributed by atoms with E-state index in [4.69, 9.17) is 17.3 Å². The maximum atomic E-state index is 12.6. The largest absolute Gasteiger partial charge is 0.397 e. The Kier molecular flexibility index (Phi) is 4.59. The summed E-state index contributed by atoms with van der Waals surface area (Å²) in [6.45, 7) is 1.06. The Hall–Kier alpha value is -0.820. The molecule has 2 rings (SSSR count). The van der Waals surface area contributed by atoms with E-state index >= 15 is 0 Å². The van der Waals surface area contributed by atoms with Crippen molar-refractivity contribution in [3.63, 3.8) is 0 Å². The van der Waals surface area contributed by atoms with Gasteiger partial charge in [0.15, 0.2) is 0 Å². The Morgan fingerprint density at radius 1 is 1.40 bits per heavy atom. The normalized spacial score (nSPS) is 21.3. The molecule has 1 aliphatic heterocycles. The van der Waals surface area contributed by atoms with Gasteiger partial charge in [0.2, 0.25) is 10.0 Å². The minimum absolute atomic E-state index is 0.207. The summed E-state index contributed by atoms with van der Waals surface area (Å²) in [7, 11) is 0.447. The maximum Gasteiger partial charge on any atom is 0.243 e. The summed E-state index contributed by atoms with van der Waals surface area (Å²) >= 11 is 5.84. The van der Waals surface area contributed by atoms with Crippen LogP contribution in [0.4, 0.5) is 5.69 Å². The number of likely N-dealkylation sites (N-methyl/N-ethyl adjacent to an activating group) is 1. The van der Waals surface area contributed by atoms with Crippen LogP contribution in [-0.4, -0.2) is 50.8 Å². The van der Waals surface area contributed by atoms with Gasteiger partial charge in [-0.3, -0.25) is 0 Å². The molecule has 1 aromatic rings. The number of nitrogens with two attached hydrogens (primary N) is 1. The minimum atomic E-state index is -3.50. The van der Waals surface area contributed by atoms with E-state index in [1.807, 2.05) is 14.1 Å². The van der Waals surface area contributed by atoms with Crippen molar-refractivity contribution in [2.24, 2.45) is 0 Å². The summed E-state index contributed by atoms with van der Waals surface area (Å²) in [5.41, 5.74) is 5.99. The first-order valence-electron chi connectivity index (χ1n) is 6.54. The van der Waals surface area contributed by atoms with Crippen molar-refractivity contribution in [1.29, 1.82) is 0 Å². The number of piperidine rings is 1. The predicted octanol–water partition coefficient (Wildman–Crippen LogP) is 1.64. The van der Waals surface area contributed by atoms with Crippen LogP contribution < -0.4 is 5.73 Å². The number of hydrogen-bond acceptors (Lipinski definition) is 4. The number of nitrogens with zero attached hydrogens (tertiary/aromatic N) is 2. The van der Waals surface area contributed by atoms with Gasteiger partial charge in [-0.15, -0.1) is 0 Å². The van der Waals surface area contributed by atoms with Gasteiger partial charge in [0, 0.05) is 19.1 Å². The first kappa shape index (κ1) is 15.6. The summed E-state index contributed by atoms with van der Waals surface area (Å²) in [6, 6.07) is 4.71. The maximum absolute atomic E-state index is 12.6. The van der Waals surface area contributed by atoms with Gasteiger partial charge in [-0.2, -0.15) is 4.31 Å². The molecule has 1 fully saturated rings. The Labute approximate surface area is 125 Å². The Bertz CT molecular complexity index is 589. The van der Waals surface area contributed by atoms with Crippen molar-refractivity contribution in [3.8, 4) is 0 Å². The zero-order valence-electron chi connectivity index (χ0n) is 11.7. The van der Waals surface area contributed by atoms with Crippen LogP contribution in [0.2, 0.25) is 5.02 Å². The molecule has 1 atom stereocenters. The molecule has 0 aliphatic carbocycles. The number of benzene rings is 1. The lowest BCUT2D eigenvalue weighted by molar-refractivity contribution is 0.190. The van der Waals surface area contributed by atoms with Gasteiger partial charge in [0.05, 0.1) is 15.6 Å². The first-order valence-corrected chi connectivity index (χ1v) is 8.36. The van der Waals surface area contributed by atoms with Crippen molar-refractivity contribution in [3.05, 3.63) is 23.2 Å². The molecule has 0 bridgehead atoms. The molecule has 5 nitrogen and oxygen atoms in total. The van der Waals surface area contributed by atoms with Crippen LogP contribution in [0.5, 0.6) is 0 Å². The van der Waals surface area contributed by atoms with Gasteiger partial charge >= 0.3 is 0 Å². The summed E-state index contributed by atoms with van der Waals surface area (Å²) < 4.78 is 26.8. The highest BCUT2D eigenvalue weighted by Gasteiger charge is 2.31. The Morgan fingerprint density at radius 2 is 2.10 bits per heavy atom. The molecule has 1 aromatic carbocycles. The van der Waals surface area contributed by atoms with Gasteiger partial charge < -0.3 is 10.6 Å². The summed E-state index contributed by atoms with van der Waals surface area (Å²) in [5.74, 6) is 0. The fourth-order valence-electron chi connectivity index (χ4n) is 2.39. The fourth-order valence-corrected chi connectivity index (χ4v) is 4.06. The second-order valence-corrected chi connectivity index (χ2v) is 7.65. The molecule has 0 spiro atoms. The number of nitrogen functional groups attached to an aromatic ring is 1. The van der Waals surface area contributed by atoms with E-state index in [1.165, 1.54) is 22.5 Å². The van der Waals surface area contributed by atoms with Crippen LogP contribution in [0.15, 0.2) is 23.1 Å². The number of halogens is 1. The summed E-state index contributed by atoms with van der Waals surface area (Å²) in [4.78, 5) is 2.27. The predicted molar refractivity (Wildman–Crippen MR) is 81.3 cm³/mol. The molecule has 20 heavy (non-hydrogen) atoms. The van der Waals surface area contributed by atoms with Gasteiger partial charge in [-0.05, 0) is 45.1 Å². The molecule has 0 aromatic heterocycles. The highest BCUT2D eigenvalue weighted by Crippen LogP contribution is 2.26. The monoisotopic (exact) mass is 317 g/mol. The third kappa shape index (κ3) is 3.09. The average molecular weight is 318 g/mol. The second kappa shape index (κ2) is 5.89. The average Bonchev–Trinajstić information content (AvgIpc) is 2.42. The van der Waals surface area contributed by atoms with Crippen LogP contribution in [0, 0.1) is 0 Å². The highest BCUT2D eigenvalue weighted by atomic mass is 35.5. The molecule has 1 unspecified atom stereocenters. The van der Waals surface area contributed by atoms with Gasteiger partial charge in [0.25, 0.3) is 0 Å². The van der Waals surface area contributed by atoms with Crippen molar-refractivity contribution in [1.82, 2.24) is 9.21 Å². The zero-order chi connectivity index (χ0) is 14.9. The van der Waals surface area contributed by atoms with E-state index in [-0.39, 0.29) is 16.6 Å². The minimum Gasteiger partial charge on any atom is -0.397 e. The van der Waals surface area contributed by atoms with E-state index in [1.54, 1.807) is 0 Å². The Morgan fingerprint density at radius 3 is 2.70 bits per heavy atom. The molecule has 0 saturated carbocycles. The molecule has 1 heterocycles. The summed E-state index contributed by atoms with van der Waals surface area (Å²) in [5, 5.41) is 0.369. The SMILES string of the molecule is CN(C)C1CCCN(S(=O)(=O)c2ccc(Cl)c(N)c2)C1. The molecule has 0 amide bonds. The number of anilines is 1. The molecule has 1 aliphatic rings. The van der Waals surface area contributed by atoms with Gasteiger partial charge in [0.1, 0.15) is 0 Å². The second-order valence-electron chi connectivity index (χ2n) is 5.31. The van der Waals surface area contributed by atoms with E-state index in [9.17, 15) is 8.42 Å². The molecular formula is C13H20ClN3O2S. The quantitative estimate of drug-likeness (QED) is 0.861. The third-order valence-electron chi connectivity index (χ3n) is 3.69. The van der Waals surface area contributed by atoms with Crippen LogP contribution in [-0.2, 0) is 10.0 Å². The Balaban J connectivity index is 2.27. The van der Waals surface area contributed by atoms with Crippen molar-refractivity contribution < 1.29 is 8.42 Å². The molecule has 7 heteroatoms. The van der Waals surface area contributed by atoms with Crippen LogP contribution in [0.1, 0.15) is 12.8 Å². The van der Waals surface area contributed by atoms with E-state index in [0.29, 0.717) is 18.1 Å². The molecular weight excluding hydrogens is 298 g/mol. The number of sulfonamides is 1. The topological polar surface area (TPSA) is 66.6 Å². The lowest BCUT2D eigenvalue weighted by atomic mass is 10.1. The lowest BCUT2D eigenvalue weighted by Gasteiger charge is -2.35. The molecule has 0 radical (unpaired) electrons. The van der Waals surface area contributed by atoms with Crippen molar-refractivity contribution in [2.45, 2.75) is 23.8 Å². The molecule has 1 saturated heterocycles. The fraction of sp³-hybridized carbons (Fsp3) is 0.538. The van der Waals surface area contributed by atoms with Crippen LogP contribution in [0.25, 0.3) is 0 Å². The highest BCUT2D eigenvalue weighted by molar-refractivity contribution is 7.89. The smallest absolute Gasteiger partial charge is 0.243 e.